The van der Waals surface area contributed by atoms with Crippen molar-refractivity contribution in [3.8, 4) is 11.8 Å². The minimum atomic E-state index is -0.316. The highest BCUT2D eigenvalue weighted by atomic mass is 16.5. The van der Waals surface area contributed by atoms with Gasteiger partial charge >= 0.3 is 5.97 Å². The molecule has 0 saturated carbocycles. The summed E-state index contributed by atoms with van der Waals surface area (Å²) in [5.74, 6) is 5.55. The molecular weight excluding hydrogens is 240 g/mol. The normalized spacial score (nSPS) is 13.2. The number of ether oxygens (including phenoxy) is 1. The Morgan fingerprint density at radius 2 is 2.21 bits per heavy atom. The number of benzene rings is 1. The van der Waals surface area contributed by atoms with Crippen molar-refractivity contribution in [1.82, 2.24) is 0 Å². The zero-order chi connectivity index (χ0) is 13.7. The van der Waals surface area contributed by atoms with Crippen LogP contribution in [0.4, 0.5) is 0 Å². The zero-order valence-corrected chi connectivity index (χ0v) is 11.0. The lowest BCUT2D eigenvalue weighted by Crippen LogP contribution is -2.10. The lowest BCUT2D eigenvalue weighted by molar-refractivity contribution is -0.141. The van der Waals surface area contributed by atoms with Gasteiger partial charge < -0.3 is 4.74 Å². The van der Waals surface area contributed by atoms with E-state index >= 15 is 0 Å². The van der Waals surface area contributed by atoms with E-state index in [1.165, 1.54) is 0 Å². The first-order valence-electron chi connectivity index (χ1n) is 6.51. The third-order valence-electron chi connectivity index (χ3n) is 3.03. The van der Waals surface area contributed by atoms with Crippen molar-refractivity contribution in [2.24, 2.45) is 0 Å². The molecule has 98 valence electrons. The van der Waals surface area contributed by atoms with Gasteiger partial charge in [0.2, 0.25) is 0 Å². The second kappa shape index (κ2) is 6.19. The van der Waals surface area contributed by atoms with E-state index in [9.17, 15) is 9.59 Å². The molecule has 3 heteroatoms. The zero-order valence-electron chi connectivity index (χ0n) is 11.0. The molecular formula is C16H16O3. The molecule has 1 aromatic carbocycles. The minimum absolute atomic E-state index is 0.0822. The fourth-order valence-electron chi connectivity index (χ4n) is 2.14. The maximum atomic E-state index is 11.8. The van der Waals surface area contributed by atoms with Gasteiger partial charge in [0.1, 0.15) is 6.42 Å². The van der Waals surface area contributed by atoms with Crippen molar-refractivity contribution >= 4 is 11.8 Å². The number of Topliss-reactive ketones (excluding diaryl/α,β-unsaturated/α-hetero) is 1. The maximum Gasteiger partial charge on any atom is 0.317 e. The lowest BCUT2D eigenvalue weighted by Gasteiger charge is -2.14. The van der Waals surface area contributed by atoms with Crippen molar-refractivity contribution in [2.45, 2.75) is 32.6 Å². The van der Waals surface area contributed by atoms with Gasteiger partial charge in [-0.1, -0.05) is 17.9 Å². The van der Waals surface area contributed by atoms with Gasteiger partial charge in [0.05, 0.1) is 6.61 Å². The molecule has 0 unspecified atom stereocenters. The van der Waals surface area contributed by atoms with Crippen molar-refractivity contribution in [3.05, 3.63) is 34.9 Å². The minimum Gasteiger partial charge on any atom is -0.465 e. The molecule has 0 N–H and O–H groups in total. The van der Waals surface area contributed by atoms with Crippen LogP contribution < -0.4 is 0 Å². The number of hydrogen-bond acceptors (Lipinski definition) is 3. The number of ketones is 1. The summed E-state index contributed by atoms with van der Waals surface area (Å²) in [6.07, 6.45) is 2.59. The molecule has 1 aliphatic rings. The Morgan fingerprint density at radius 3 is 3.00 bits per heavy atom. The van der Waals surface area contributed by atoms with Crippen LogP contribution in [0.1, 0.15) is 47.7 Å². The number of carbonyl (C=O) groups is 2. The van der Waals surface area contributed by atoms with Gasteiger partial charge in [0, 0.05) is 17.5 Å². The Balaban J connectivity index is 2.10. The Morgan fingerprint density at radius 1 is 1.37 bits per heavy atom. The van der Waals surface area contributed by atoms with Gasteiger partial charge in [-0.05, 0) is 37.5 Å². The predicted molar refractivity (Wildman–Crippen MR) is 71.8 cm³/mol. The number of carbonyl (C=O) groups excluding carboxylic acids is 2. The van der Waals surface area contributed by atoms with Crippen LogP contribution in [0.3, 0.4) is 0 Å². The molecule has 0 amide bonds. The summed E-state index contributed by atoms with van der Waals surface area (Å²) in [6, 6.07) is 5.69. The monoisotopic (exact) mass is 256 g/mol. The fourth-order valence-corrected chi connectivity index (χ4v) is 2.14. The predicted octanol–water partition coefficient (Wildman–Crippen LogP) is 2.51. The number of rotatable bonds is 2. The molecule has 0 aromatic heterocycles. The smallest absolute Gasteiger partial charge is 0.317 e. The molecule has 0 radical (unpaired) electrons. The summed E-state index contributed by atoms with van der Waals surface area (Å²) >= 11 is 0. The van der Waals surface area contributed by atoms with Gasteiger partial charge in [0.15, 0.2) is 5.78 Å². The van der Waals surface area contributed by atoms with Crippen LogP contribution in [0.5, 0.6) is 0 Å². The van der Waals surface area contributed by atoms with E-state index in [2.05, 4.69) is 11.8 Å². The van der Waals surface area contributed by atoms with Gasteiger partial charge in [-0.2, -0.15) is 0 Å². The van der Waals surface area contributed by atoms with Crippen molar-refractivity contribution in [1.29, 1.82) is 0 Å². The molecule has 0 spiro atoms. The van der Waals surface area contributed by atoms with Crippen molar-refractivity contribution < 1.29 is 14.3 Å². The van der Waals surface area contributed by atoms with E-state index in [0.717, 1.165) is 29.5 Å². The second-order valence-corrected chi connectivity index (χ2v) is 4.43. The number of aryl methyl sites for hydroxylation is 1. The molecule has 0 fully saturated rings. The Kier molecular flexibility index (Phi) is 4.35. The molecule has 1 aliphatic carbocycles. The fraction of sp³-hybridized carbons (Fsp3) is 0.375. The standard InChI is InChI=1S/C16H16O3/c1-2-19-16(18)8-3-5-12-9-10-13-6-4-7-15(17)14(13)11-12/h9-11H,2,4,6-8H2,1H3. The first-order valence-corrected chi connectivity index (χ1v) is 6.51. The average Bonchev–Trinajstić information content (AvgIpc) is 2.40. The molecule has 0 heterocycles. The summed E-state index contributed by atoms with van der Waals surface area (Å²) in [5, 5.41) is 0. The summed E-state index contributed by atoms with van der Waals surface area (Å²) in [7, 11) is 0. The Hall–Kier alpha value is -2.08. The van der Waals surface area contributed by atoms with E-state index in [4.69, 9.17) is 4.74 Å². The van der Waals surface area contributed by atoms with Crippen LogP contribution in [-0.4, -0.2) is 18.4 Å². The molecule has 19 heavy (non-hydrogen) atoms. The molecule has 2 rings (SSSR count). The summed E-state index contributed by atoms with van der Waals surface area (Å²) in [6.45, 7) is 2.13. The summed E-state index contributed by atoms with van der Waals surface area (Å²) in [5.41, 5.74) is 2.67. The Labute approximate surface area is 113 Å². The number of esters is 1. The molecule has 0 saturated heterocycles. The van der Waals surface area contributed by atoms with Gasteiger partial charge in [0.25, 0.3) is 0 Å². The summed E-state index contributed by atoms with van der Waals surface area (Å²) < 4.78 is 4.79. The lowest BCUT2D eigenvalue weighted by atomic mass is 9.89. The molecule has 1 aromatic rings. The van der Waals surface area contributed by atoms with Gasteiger partial charge in [-0.25, -0.2) is 0 Å². The molecule has 0 aliphatic heterocycles. The van der Waals surface area contributed by atoms with Gasteiger partial charge in [-0.15, -0.1) is 0 Å². The van der Waals surface area contributed by atoms with Crippen LogP contribution >= 0.6 is 0 Å². The first-order chi connectivity index (χ1) is 9.20. The van der Waals surface area contributed by atoms with Crippen molar-refractivity contribution in [3.63, 3.8) is 0 Å². The topological polar surface area (TPSA) is 43.4 Å². The van der Waals surface area contributed by atoms with Crippen LogP contribution in [0, 0.1) is 11.8 Å². The molecule has 0 atom stereocenters. The van der Waals surface area contributed by atoms with Crippen LogP contribution in [0.2, 0.25) is 0 Å². The largest absolute Gasteiger partial charge is 0.465 e. The van der Waals surface area contributed by atoms with E-state index < -0.39 is 0 Å². The highest BCUT2D eigenvalue weighted by Gasteiger charge is 2.16. The highest BCUT2D eigenvalue weighted by molar-refractivity contribution is 5.98. The first kappa shape index (κ1) is 13.4. The third-order valence-corrected chi connectivity index (χ3v) is 3.03. The Bertz CT molecular complexity index is 561. The van der Waals surface area contributed by atoms with E-state index in [0.29, 0.717) is 13.0 Å². The van der Waals surface area contributed by atoms with Crippen LogP contribution in [-0.2, 0) is 16.0 Å². The van der Waals surface area contributed by atoms with E-state index in [-0.39, 0.29) is 18.2 Å². The van der Waals surface area contributed by atoms with Crippen LogP contribution in [0.15, 0.2) is 18.2 Å². The van der Waals surface area contributed by atoms with E-state index in [1.807, 2.05) is 18.2 Å². The van der Waals surface area contributed by atoms with E-state index in [1.54, 1.807) is 6.92 Å². The quantitative estimate of drug-likeness (QED) is 0.603. The van der Waals surface area contributed by atoms with Gasteiger partial charge in [-0.3, -0.25) is 9.59 Å². The van der Waals surface area contributed by atoms with Crippen LogP contribution in [0.25, 0.3) is 0 Å². The molecule has 0 bridgehead atoms. The third kappa shape index (κ3) is 3.45. The second-order valence-electron chi connectivity index (χ2n) is 4.43. The highest BCUT2D eigenvalue weighted by Crippen LogP contribution is 2.21. The summed E-state index contributed by atoms with van der Waals surface area (Å²) in [4.78, 5) is 22.9. The SMILES string of the molecule is CCOC(=O)CC#Cc1ccc2c(c1)C(=O)CCC2. The number of hydrogen-bond donors (Lipinski definition) is 0. The van der Waals surface area contributed by atoms with Crippen molar-refractivity contribution in [2.75, 3.05) is 6.61 Å². The number of fused-ring (bicyclic) bond motifs is 1. The molecule has 3 nitrogen and oxygen atoms in total. The average molecular weight is 256 g/mol. The maximum absolute atomic E-state index is 11.8.